The summed E-state index contributed by atoms with van der Waals surface area (Å²) in [5, 5.41) is 3.19. The van der Waals surface area contributed by atoms with Crippen molar-refractivity contribution in [2.24, 2.45) is 0 Å². The number of carbonyl (C=O) groups excluding carboxylic acids is 1. The highest BCUT2D eigenvalue weighted by Gasteiger charge is 2.30. The van der Waals surface area contributed by atoms with Crippen LogP contribution in [0, 0.1) is 0 Å². The lowest BCUT2D eigenvalue weighted by Crippen LogP contribution is -2.48. The molecule has 1 atom stereocenters. The Morgan fingerprint density at radius 3 is 2.48 bits per heavy atom. The number of hydrogen-bond donors (Lipinski definition) is 2. The third-order valence-corrected chi connectivity index (χ3v) is 5.63. The molecule has 3 rings (SSSR count). The quantitative estimate of drug-likeness (QED) is 0.777. The predicted molar refractivity (Wildman–Crippen MR) is 96.9 cm³/mol. The molecule has 25 heavy (non-hydrogen) atoms. The fourth-order valence-corrected chi connectivity index (χ4v) is 3.95. The smallest absolute Gasteiger partial charge is 0.241 e. The highest BCUT2D eigenvalue weighted by atomic mass is 35.5. The summed E-state index contributed by atoms with van der Waals surface area (Å²) in [7, 11) is -3.86. The topological polar surface area (TPSA) is 75.3 Å². The van der Waals surface area contributed by atoms with E-state index in [2.05, 4.69) is 10.0 Å². The van der Waals surface area contributed by atoms with Gasteiger partial charge in [-0.2, -0.15) is 4.72 Å². The maximum absolute atomic E-state index is 12.6. The van der Waals surface area contributed by atoms with Gasteiger partial charge >= 0.3 is 0 Å². The summed E-state index contributed by atoms with van der Waals surface area (Å²) in [4.78, 5) is 12.5. The van der Waals surface area contributed by atoms with E-state index in [-0.39, 0.29) is 23.3 Å². The predicted octanol–water partition coefficient (Wildman–Crippen LogP) is 2.51. The Hall–Kier alpha value is -1.89. The summed E-state index contributed by atoms with van der Waals surface area (Å²) in [6.07, 6.45) is 2.15. The average molecular weight is 379 g/mol. The Morgan fingerprint density at radius 1 is 1.12 bits per heavy atom. The zero-order valence-corrected chi connectivity index (χ0v) is 15.1. The lowest BCUT2D eigenvalue weighted by Gasteiger charge is -2.19. The highest BCUT2D eigenvalue weighted by molar-refractivity contribution is 7.89. The molecule has 1 amide bonds. The average Bonchev–Trinajstić information content (AvgIpc) is 3.39. The van der Waals surface area contributed by atoms with Crippen molar-refractivity contribution in [1.29, 1.82) is 0 Å². The lowest BCUT2D eigenvalue weighted by atomic mass is 10.1. The second kappa shape index (κ2) is 7.56. The van der Waals surface area contributed by atoms with E-state index in [9.17, 15) is 13.2 Å². The molecule has 2 aromatic carbocycles. The minimum absolute atomic E-state index is 0.0392. The van der Waals surface area contributed by atoms with Gasteiger partial charge in [0.1, 0.15) is 6.04 Å². The molecule has 0 bridgehead atoms. The van der Waals surface area contributed by atoms with Gasteiger partial charge in [-0.1, -0.05) is 48.0 Å². The van der Waals surface area contributed by atoms with Gasteiger partial charge in [-0.15, -0.1) is 0 Å². The van der Waals surface area contributed by atoms with Crippen LogP contribution < -0.4 is 10.0 Å². The summed E-state index contributed by atoms with van der Waals surface area (Å²) in [6.45, 7) is 0. The van der Waals surface area contributed by atoms with Crippen LogP contribution in [-0.4, -0.2) is 26.4 Å². The molecule has 0 aliphatic heterocycles. The SMILES string of the molecule is O=C(NC1CC1)C(Cc1ccccc1)NS(=O)(=O)c1cccc(Cl)c1. The summed E-state index contributed by atoms with van der Waals surface area (Å²) >= 11 is 5.89. The van der Waals surface area contributed by atoms with E-state index in [4.69, 9.17) is 11.6 Å². The normalized spacial score (nSPS) is 15.6. The van der Waals surface area contributed by atoms with Crippen LogP contribution in [-0.2, 0) is 21.2 Å². The number of nitrogens with one attached hydrogen (secondary N) is 2. The standard InChI is InChI=1S/C18H19ClN2O3S/c19-14-7-4-8-16(12-14)25(23,24)21-17(18(22)20-15-9-10-15)11-13-5-2-1-3-6-13/h1-8,12,15,17,21H,9-11H2,(H,20,22). The Labute approximate surface area is 152 Å². The maximum Gasteiger partial charge on any atom is 0.241 e. The zero-order chi connectivity index (χ0) is 17.9. The third-order valence-electron chi connectivity index (χ3n) is 3.93. The number of rotatable bonds is 7. The third kappa shape index (κ3) is 5.04. The van der Waals surface area contributed by atoms with Crippen molar-refractivity contribution in [3.63, 3.8) is 0 Å². The fraction of sp³-hybridized carbons (Fsp3) is 0.278. The van der Waals surface area contributed by atoms with Gasteiger partial charge in [-0.05, 0) is 43.0 Å². The first kappa shape index (κ1) is 17.9. The first-order valence-electron chi connectivity index (χ1n) is 8.06. The molecule has 7 heteroatoms. The fourth-order valence-electron chi connectivity index (χ4n) is 2.46. The zero-order valence-electron chi connectivity index (χ0n) is 13.5. The van der Waals surface area contributed by atoms with Crippen molar-refractivity contribution in [3.8, 4) is 0 Å². The molecule has 0 spiro atoms. The summed E-state index contributed by atoms with van der Waals surface area (Å²) < 4.78 is 27.8. The number of sulfonamides is 1. The summed E-state index contributed by atoms with van der Waals surface area (Å²) in [5.74, 6) is -0.308. The number of halogens is 1. The van der Waals surface area contributed by atoms with Gasteiger partial charge in [0, 0.05) is 11.1 Å². The van der Waals surface area contributed by atoms with E-state index in [0.717, 1.165) is 18.4 Å². The molecule has 0 saturated heterocycles. The highest BCUT2D eigenvalue weighted by Crippen LogP contribution is 2.20. The van der Waals surface area contributed by atoms with E-state index in [1.165, 1.54) is 12.1 Å². The van der Waals surface area contributed by atoms with E-state index in [0.29, 0.717) is 5.02 Å². The van der Waals surface area contributed by atoms with Gasteiger partial charge in [0.05, 0.1) is 4.90 Å². The Morgan fingerprint density at radius 2 is 1.84 bits per heavy atom. The second-order valence-corrected chi connectivity index (χ2v) is 8.25. The van der Waals surface area contributed by atoms with Crippen molar-refractivity contribution in [1.82, 2.24) is 10.0 Å². The minimum atomic E-state index is -3.86. The first-order chi connectivity index (χ1) is 11.9. The number of amides is 1. The summed E-state index contributed by atoms with van der Waals surface area (Å²) in [5.41, 5.74) is 0.882. The molecule has 1 aliphatic carbocycles. The Balaban J connectivity index is 1.81. The molecule has 0 radical (unpaired) electrons. The molecule has 1 saturated carbocycles. The van der Waals surface area contributed by atoms with Gasteiger partial charge < -0.3 is 5.32 Å². The van der Waals surface area contributed by atoms with Gasteiger partial charge in [0.2, 0.25) is 15.9 Å². The molecule has 1 fully saturated rings. The number of benzene rings is 2. The monoisotopic (exact) mass is 378 g/mol. The van der Waals surface area contributed by atoms with Crippen molar-refractivity contribution in [3.05, 3.63) is 65.2 Å². The lowest BCUT2D eigenvalue weighted by molar-refractivity contribution is -0.122. The van der Waals surface area contributed by atoms with E-state index in [1.54, 1.807) is 12.1 Å². The molecule has 1 aliphatic rings. The van der Waals surface area contributed by atoms with E-state index < -0.39 is 16.1 Å². The summed E-state index contributed by atoms with van der Waals surface area (Å²) in [6, 6.07) is 14.6. The molecule has 0 heterocycles. The second-order valence-electron chi connectivity index (χ2n) is 6.10. The van der Waals surface area contributed by atoms with Crippen LogP contribution in [0.3, 0.4) is 0 Å². The van der Waals surface area contributed by atoms with Crippen LogP contribution in [0.1, 0.15) is 18.4 Å². The number of hydrogen-bond acceptors (Lipinski definition) is 3. The van der Waals surface area contributed by atoms with Crippen molar-refractivity contribution < 1.29 is 13.2 Å². The Bertz CT molecular complexity index is 852. The largest absolute Gasteiger partial charge is 0.352 e. The van der Waals surface area contributed by atoms with E-state index in [1.807, 2.05) is 30.3 Å². The van der Waals surface area contributed by atoms with Gasteiger partial charge in [0.15, 0.2) is 0 Å². The number of carbonyl (C=O) groups is 1. The van der Waals surface area contributed by atoms with Crippen LogP contribution in [0.2, 0.25) is 5.02 Å². The molecule has 2 N–H and O–H groups in total. The maximum atomic E-state index is 12.6. The van der Waals surface area contributed by atoms with Gasteiger partial charge in [-0.25, -0.2) is 8.42 Å². The van der Waals surface area contributed by atoms with E-state index >= 15 is 0 Å². The minimum Gasteiger partial charge on any atom is -0.352 e. The molecule has 0 aromatic heterocycles. The molecular weight excluding hydrogens is 360 g/mol. The van der Waals surface area contributed by atoms with Gasteiger partial charge in [-0.3, -0.25) is 4.79 Å². The van der Waals surface area contributed by atoms with Gasteiger partial charge in [0.25, 0.3) is 0 Å². The van der Waals surface area contributed by atoms with Crippen molar-refractivity contribution in [2.75, 3.05) is 0 Å². The van der Waals surface area contributed by atoms with Crippen molar-refractivity contribution in [2.45, 2.75) is 36.2 Å². The molecule has 132 valence electrons. The van der Waals surface area contributed by atoms with Crippen LogP contribution in [0.5, 0.6) is 0 Å². The van der Waals surface area contributed by atoms with Crippen molar-refractivity contribution >= 4 is 27.5 Å². The first-order valence-corrected chi connectivity index (χ1v) is 9.92. The van der Waals surface area contributed by atoms with Crippen LogP contribution in [0.25, 0.3) is 0 Å². The Kier molecular flexibility index (Phi) is 5.42. The van der Waals surface area contributed by atoms with Crippen LogP contribution >= 0.6 is 11.6 Å². The molecule has 1 unspecified atom stereocenters. The molecular formula is C18H19ClN2O3S. The van der Waals surface area contributed by atoms with Crippen LogP contribution in [0.15, 0.2) is 59.5 Å². The van der Waals surface area contributed by atoms with Crippen LogP contribution in [0.4, 0.5) is 0 Å². The molecule has 2 aromatic rings. The molecule has 5 nitrogen and oxygen atoms in total.